The standard InChI is InChI=1S/C28H24O/c1-2-6-19-10-23-14-27-16-25-12-21-8-4-3-7-20(21)11-24(25)15-26(28(27)17-29-28)13-22(23)9-18(19)5-1/h1-12,26-27H,13-17H2. The van der Waals surface area contributed by atoms with Gasteiger partial charge in [0.15, 0.2) is 0 Å². The Morgan fingerprint density at radius 1 is 0.552 bits per heavy atom. The second-order valence-corrected chi connectivity index (χ2v) is 9.39. The topological polar surface area (TPSA) is 12.5 Å². The van der Waals surface area contributed by atoms with Gasteiger partial charge in [0.2, 0.25) is 0 Å². The van der Waals surface area contributed by atoms with Gasteiger partial charge >= 0.3 is 0 Å². The summed E-state index contributed by atoms with van der Waals surface area (Å²) in [4.78, 5) is 0. The molecule has 4 aromatic rings. The Balaban J connectivity index is 1.39. The van der Waals surface area contributed by atoms with Gasteiger partial charge in [0.1, 0.15) is 0 Å². The number of rotatable bonds is 0. The lowest BCUT2D eigenvalue weighted by molar-refractivity contribution is 0.150. The van der Waals surface area contributed by atoms with E-state index in [4.69, 9.17) is 4.74 Å². The number of hydrogen-bond acceptors (Lipinski definition) is 1. The minimum absolute atomic E-state index is 0.0937. The summed E-state index contributed by atoms with van der Waals surface area (Å²) in [6, 6.07) is 27.5. The minimum atomic E-state index is 0.0937. The van der Waals surface area contributed by atoms with Crippen molar-refractivity contribution in [3.05, 3.63) is 95.1 Å². The molecule has 1 aliphatic heterocycles. The van der Waals surface area contributed by atoms with Crippen molar-refractivity contribution >= 4 is 21.5 Å². The molecule has 1 saturated heterocycles. The summed E-state index contributed by atoms with van der Waals surface area (Å²) in [7, 11) is 0. The van der Waals surface area contributed by atoms with E-state index in [1.807, 2.05) is 0 Å². The summed E-state index contributed by atoms with van der Waals surface area (Å²) in [5.41, 5.74) is 6.30. The van der Waals surface area contributed by atoms with Crippen molar-refractivity contribution in [2.45, 2.75) is 31.3 Å². The van der Waals surface area contributed by atoms with Gasteiger partial charge < -0.3 is 4.74 Å². The summed E-state index contributed by atoms with van der Waals surface area (Å²) in [5.74, 6) is 1.16. The third kappa shape index (κ3) is 2.37. The summed E-state index contributed by atoms with van der Waals surface area (Å²) >= 11 is 0. The molecular weight excluding hydrogens is 352 g/mol. The molecule has 0 unspecified atom stereocenters. The first kappa shape index (κ1) is 16.2. The molecule has 142 valence electrons. The first-order valence-electron chi connectivity index (χ1n) is 10.9. The summed E-state index contributed by atoms with van der Waals surface area (Å²) in [6.45, 7) is 0.948. The SMILES string of the molecule is c1ccc2cc3c(cc2c1)CC1Cc2cc4ccccc4cc2CC(C3)C12CO2. The van der Waals surface area contributed by atoms with E-state index >= 15 is 0 Å². The molecule has 7 rings (SSSR count). The number of fused-ring (bicyclic) bond motifs is 4. The smallest absolute Gasteiger partial charge is 0.0985 e. The first-order chi connectivity index (χ1) is 14.3. The third-order valence-electron chi connectivity index (χ3n) is 7.86. The van der Waals surface area contributed by atoms with Gasteiger partial charge in [-0.15, -0.1) is 0 Å². The predicted octanol–water partition coefficient (Wildman–Crippen LogP) is 5.89. The van der Waals surface area contributed by atoms with Crippen LogP contribution in [0.4, 0.5) is 0 Å². The van der Waals surface area contributed by atoms with E-state index in [0.29, 0.717) is 11.8 Å². The quantitative estimate of drug-likeness (QED) is 0.349. The molecule has 0 aromatic heterocycles. The molecule has 3 aliphatic rings. The van der Waals surface area contributed by atoms with Crippen LogP contribution in [-0.4, -0.2) is 12.2 Å². The van der Waals surface area contributed by atoms with Gasteiger partial charge in [-0.05, 0) is 81.3 Å². The summed E-state index contributed by atoms with van der Waals surface area (Å²) in [6.07, 6.45) is 4.57. The maximum atomic E-state index is 6.32. The highest BCUT2D eigenvalue weighted by molar-refractivity contribution is 5.85. The Bertz CT molecular complexity index is 1090. The normalized spacial score (nSPS) is 27.3. The molecule has 1 heteroatoms. The Kier molecular flexibility index (Phi) is 3.18. The fourth-order valence-corrected chi connectivity index (χ4v) is 6.21. The second kappa shape index (κ2) is 5.70. The molecule has 29 heavy (non-hydrogen) atoms. The van der Waals surface area contributed by atoms with Crippen molar-refractivity contribution in [2.75, 3.05) is 6.61 Å². The molecule has 2 bridgehead atoms. The van der Waals surface area contributed by atoms with Crippen molar-refractivity contribution in [1.82, 2.24) is 0 Å². The maximum Gasteiger partial charge on any atom is 0.0985 e. The van der Waals surface area contributed by atoms with Crippen LogP contribution in [0.2, 0.25) is 0 Å². The van der Waals surface area contributed by atoms with Gasteiger partial charge in [0.25, 0.3) is 0 Å². The predicted molar refractivity (Wildman–Crippen MR) is 118 cm³/mol. The fourth-order valence-electron chi connectivity index (χ4n) is 6.21. The zero-order chi connectivity index (χ0) is 19.0. The Morgan fingerprint density at radius 2 is 0.862 bits per heavy atom. The Hall–Kier alpha value is -2.64. The van der Waals surface area contributed by atoms with Crippen LogP contribution in [0.15, 0.2) is 72.8 Å². The number of hydrogen-bond donors (Lipinski definition) is 0. The summed E-state index contributed by atoms with van der Waals surface area (Å²) in [5, 5.41) is 5.49. The van der Waals surface area contributed by atoms with Gasteiger partial charge in [-0.1, -0.05) is 72.8 Å². The second-order valence-electron chi connectivity index (χ2n) is 9.39. The van der Waals surface area contributed by atoms with Gasteiger partial charge in [0, 0.05) is 0 Å². The highest BCUT2D eigenvalue weighted by Crippen LogP contribution is 2.52. The molecule has 4 aromatic carbocycles. The van der Waals surface area contributed by atoms with Crippen LogP contribution in [0, 0.1) is 11.8 Å². The van der Waals surface area contributed by atoms with Crippen LogP contribution >= 0.6 is 0 Å². The lowest BCUT2D eigenvalue weighted by Gasteiger charge is -2.25. The Labute approximate surface area is 171 Å². The molecule has 0 atom stereocenters. The lowest BCUT2D eigenvalue weighted by Crippen LogP contribution is -2.34. The van der Waals surface area contributed by atoms with E-state index in [1.165, 1.54) is 21.5 Å². The largest absolute Gasteiger partial charge is 0.369 e. The van der Waals surface area contributed by atoms with Crippen LogP contribution in [0.1, 0.15) is 22.3 Å². The van der Waals surface area contributed by atoms with Gasteiger partial charge in [-0.2, -0.15) is 0 Å². The highest BCUT2D eigenvalue weighted by atomic mass is 16.6. The molecule has 1 spiro atoms. The van der Waals surface area contributed by atoms with Crippen LogP contribution in [0.5, 0.6) is 0 Å². The van der Waals surface area contributed by atoms with Gasteiger partial charge in [-0.25, -0.2) is 0 Å². The van der Waals surface area contributed by atoms with Crippen LogP contribution in [0.25, 0.3) is 21.5 Å². The van der Waals surface area contributed by atoms with E-state index in [0.717, 1.165) is 32.3 Å². The zero-order valence-electron chi connectivity index (χ0n) is 16.5. The molecule has 1 nitrogen and oxygen atoms in total. The molecule has 0 N–H and O–H groups in total. The van der Waals surface area contributed by atoms with E-state index in [-0.39, 0.29) is 5.60 Å². The lowest BCUT2D eigenvalue weighted by atomic mass is 9.78. The number of benzene rings is 4. The Morgan fingerprint density at radius 3 is 1.14 bits per heavy atom. The molecule has 0 radical (unpaired) electrons. The van der Waals surface area contributed by atoms with E-state index in [1.54, 1.807) is 22.3 Å². The van der Waals surface area contributed by atoms with Crippen molar-refractivity contribution < 1.29 is 4.74 Å². The third-order valence-corrected chi connectivity index (χ3v) is 7.86. The number of epoxide rings is 1. The van der Waals surface area contributed by atoms with E-state index in [9.17, 15) is 0 Å². The van der Waals surface area contributed by atoms with Gasteiger partial charge in [-0.3, -0.25) is 0 Å². The van der Waals surface area contributed by atoms with E-state index in [2.05, 4.69) is 72.8 Å². The first-order valence-corrected chi connectivity index (χ1v) is 10.9. The monoisotopic (exact) mass is 376 g/mol. The summed E-state index contributed by atoms with van der Waals surface area (Å²) < 4.78 is 6.32. The van der Waals surface area contributed by atoms with Crippen LogP contribution in [0.3, 0.4) is 0 Å². The van der Waals surface area contributed by atoms with E-state index < -0.39 is 0 Å². The van der Waals surface area contributed by atoms with Gasteiger partial charge in [0.05, 0.1) is 12.2 Å². The molecule has 0 amide bonds. The molecule has 0 saturated carbocycles. The minimum Gasteiger partial charge on any atom is -0.369 e. The van der Waals surface area contributed by atoms with Crippen molar-refractivity contribution in [1.29, 1.82) is 0 Å². The van der Waals surface area contributed by atoms with Crippen molar-refractivity contribution in [3.63, 3.8) is 0 Å². The van der Waals surface area contributed by atoms with Crippen LogP contribution < -0.4 is 0 Å². The molecule has 1 heterocycles. The molecule has 1 fully saturated rings. The number of ether oxygens (including phenoxy) is 1. The average molecular weight is 376 g/mol. The maximum absolute atomic E-state index is 6.32. The molecule has 2 aliphatic carbocycles. The highest BCUT2D eigenvalue weighted by Gasteiger charge is 2.58. The van der Waals surface area contributed by atoms with Crippen LogP contribution in [-0.2, 0) is 30.4 Å². The van der Waals surface area contributed by atoms with Crippen molar-refractivity contribution in [3.8, 4) is 0 Å². The zero-order valence-corrected chi connectivity index (χ0v) is 16.5. The fraction of sp³-hybridized carbons (Fsp3) is 0.286. The molecular formula is C28H24O. The average Bonchev–Trinajstić information content (AvgIpc) is 3.57. The van der Waals surface area contributed by atoms with Crippen molar-refractivity contribution in [2.24, 2.45) is 11.8 Å².